The summed E-state index contributed by atoms with van der Waals surface area (Å²) in [5.41, 5.74) is 7.27. The maximum Gasteiger partial charge on any atom is 0.263 e. The van der Waals surface area contributed by atoms with Gasteiger partial charge in [0.2, 0.25) is 5.95 Å². The molecule has 4 rings (SSSR count). The molecule has 3 heterocycles. The molecule has 0 unspecified atom stereocenters. The van der Waals surface area contributed by atoms with Crippen molar-refractivity contribution in [3.63, 3.8) is 0 Å². The lowest BCUT2D eigenvalue weighted by molar-refractivity contribution is 0.287. The van der Waals surface area contributed by atoms with Crippen LogP contribution in [0.2, 0.25) is 0 Å². The number of fused-ring (bicyclic) bond motifs is 1. The number of para-hydroxylation sites is 1. The fourth-order valence-corrected chi connectivity index (χ4v) is 3.45. The molecule has 1 aliphatic rings. The van der Waals surface area contributed by atoms with E-state index >= 15 is 0 Å². The SMILES string of the molecule is C[C@@H]1CN(c2nc3c(cnn3-c3ccccc3)c(=O)[nH]2)C[C@@]1(C)CN. The topological polar surface area (TPSA) is 92.8 Å². The molecule has 1 aromatic carbocycles. The van der Waals surface area contributed by atoms with Crippen molar-refractivity contribution in [2.75, 3.05) is 24.5 Å². The van der Waals surface area contributed by atoms with E-state index in [4.69, 9.17) is 10.7 Å². The first-order valence-corrected chi connectivity index (χ1v) is 8.50. The molecule has 7 nitrogen and oxygen atoms in total. The van der Waals surface area contributed by atoms with Crippen molar-refractivity contribution >= 4 is 17.0 Å². The zero-order valence-electron chi connectivity index (χ0n) is 14.4. The Kier molecular flexibility index (Phi) is 3.61. The third-order valence-corrected chi connectivity index (χ3v) is 5.43. The molecular formula is C18H22N6O. The van der Waals surface area contributed by atoms with Crippen LogP contribution in [0.4, 0.5) is 5.95 Å². The van der Waals surface area contributed by atoms with Crippen molar-refractivity contribution in [3.8, 4) is 5.69 Å². The van der Waals surface area contributed by atoms with Crippen molar-refractivity contribution in [1.82, 2.24) is 19.7 Å². The van der Waals surface area contributed by atoms with E-state index in [0.717, 1.165) is 18.8 Å². The molecule has 25 heavy (non-hydrogen) atoms. The Balaban J connectivity index is 1.81. The molecule has 2 atom stereocenters. The first-order valence-electron chi connectivity index (χ1n) is 8.50. The summed E-state index contributed by atoms with van der Waals surface area (Å²) in [7, 11) is 0. The van der Waals surface area contributed by atoms with Crippen molar-refractivity contribution < 1.29 is 0 Å². The van der Waals surface area contributed by atoms with Gasteiger partial charge in [-0.2, -0.15) is 10.1 Å². The highest BCUT2D eigenvalue weighted by Crippen LogP contribution is 2.35. The number of benzene rings is 1. The van der Waals surface area contributed by atoms with Crippen LogP contribution in [-0.4, -0.2) is 39.4 Å². The Labute approximate surface area is 145 Å². The van der Waals surface area contributed by atoms with E-state index in [0.29, 0.717) is 29.4 Å². The van der Waals surface area contributed by atoms with E-state index in [1.807, 2.05) is 30.3 Å². The normalized spacial score (nSPS) is 23.5. The first-order chi connectivity index (χ1) is 12.0. The molecule has 0 bridgehead atoms. The lowest BCUT2D eigenvalue weighted by Crippen LogP contribution is -2.34. The van der Waals surface area contributed by atoms with Gasteiger partial charge in [0.15, 0.2) is 5.65 Å². The van der Waals surface area contributed by atoms with Crippen LogP contribution in [-0.2, 0) is 0 Å². The number of aromatic amines is 1. The number of nitrogens with two attached hydrogens (primary N) is 1. The third kappa shape index (κ3) is 2.51. The standard InChI is InChI=1S/C18H22N6O/c1-12-9-23(11-18(12,2)10-19)17-21-15-14(16(25)22-17)8-20-24(15)13-6-4-3-5-7-13/h3-8,12H,9-11,19H2,1-2H3,(H,21,22,25)/t12-,18-/m1/s1. The number of aromatic nitrogens is 4. The van der Waals surface area contributed by atoms with Crippen molar-refractivity contribution in [2.24, 2.45) is 17.1 Å². The Morgan fingerprint density at radius 1 is 1.36 bits per heavy atom. The van der Waals surface area contributed by atoms with Gasteiger partial charge in [-0.25, -0.2) is 4.68 Å². The van der Waals surface area contributed by atoms with Gasteiger partial charge in [0, 0.05) is 18.5 Å². The maximum absolute atomic E-state index is 12.5. The maximum atomic E-state index is 12.5. The lowest BCUT2D eigenvalue weighted by Gasteiger charge is -2.26. The highest BCUT2D eigenvalue weighted by atomic mass is 16.1. The van der Waals surface area contributed by atoms with Crippen LogP contribution in [0.3, 0.4) is 0 Å². The molecule has 0 radical (unpaired) electrons. The monoisotopic (exact) mass is 338 g/mol. The fraction of sp³-hybridized carbons (Fsp3) is 0.389. The minimum absolute atomic E-state index is 0.0210. The number of rotatable bonds is 3. The van der Waals surface area contributed by atoms with Crippen LogP contribution in [0.15, 0.2) is 41.3 Å². The smallest absolute Gasteiger partial charge is 0.263 e. The molecular weight excluding hydrogens is 316 g/mol. The van der Waals surface area contributed by atoms with Crippen molar-refractivity contribution in [1.29, 1.82) is 0 Å². The molecule has 0 spiro atoms. The van der Waals surface area contributed by atoms with Gasteiger partial charge in [0.25, 0.3) is 5.56 Å². The molecule has 3 aromatic rings. The van der Waals surface area contributed by atoms with Gasteiger partial charge in [0.05, 0.1) is 11.9 Å². The van der Waals surface area contributed by atoms with E-state index in [2.05, 4.69) is 28.8 Å². The molecule has 3 N–H and O–H groups in total. The van der Waals surface area contributed by atoms with Gasteiger partial charge in [-0.3, -0.25) is 9.78 Å². The second kappa shape index (κ2) is 5.70. The minimum atomic E-state index is -0.170. The van der Waals surface area contributed by atoms with E-state index < -0.39 is 0 Å². The minimum Gasteiger partial charge on any atom is -0.341 e. The Morgan fingerprint density at radius 2 is 2.12 bits per heavy atom. The second-order valence-corrected chi connectivity index (χ2v) is 7.16. The predicted molar refractivity (Wildman–Crippen MR) is 98.0 cm³/mol. The lowest BCUT2D eigenvalue weighted by atomic mass is 9.81. The summed E-state index contributed by atoms with van der Waals surface area (Å²) in [6.07, 6.45) is 1.56. The predicted octanol–water partition coefficient (Wildman–Crippen LogP) is 1.53. The molecule has 1 fully saturated rings. The largest absolute Gasteiger partial charge is 0.341 e. The zero-order valence-corrected chi connectivity index (χ0v) is 14.4. The summed E-state index contributed by atoms with van der Waals surface area (Å²) < 4.78 is 1.70. The van der Waals surface area contributed by atoms with E-state index in [9.17, 15) is 4.79 Å². The zero-order chi connectivity index (χ0) is 17.6. The van der Waals surface area contributed by atoms with Gasteiger partial charge < -0.3 is 10.6 Å². The van der Waals surface area contributed by atoms with Crippen molar-refractivity contribution in [3.05, 3.63) is 46.9 Å². The van der Waals surface area contributed by atoms with E-state index in [-0.39, 0.29) is 11.0 Å². The number of nitrogens with one attached hydrogen (secondary N) is 1. The highest BCUT2D eigenvalue weighted by Gasteiger charge is 2.40. The number of hydrogen-bond acceptors (Lipinski definition) is 5. The van der Waals surface area contributed by atoms with Gasteiger partial charge in [-0.05, 0) is 24.6 Å². The summed E-state index contributed by atoms with van der Waals surface area (Å²) >= 11 is 0. The number of nitrogens with zero attached hydrogens (tertiary/aromatic N) is 4. The molecule has 2 aromatic heterocycles. The van der Waals surface area contributed by atoms with Gasteiger partial charge >= 0.3 is 0 Å². The first kappa shape index (κ1) is 15.8. The Bertz CT molecular complexity index is 963. The van der Waals surface area contributed by atoms with E-state index in [1.165, 1.54) is 0 Å². The molecule has 0 aliphatic carbocycles. The third-order valence-electron chi connectivity index (χ3n) is 5.43. The molecule has 130 valence electrons. The second-order valence-electron chi connectivity index (χ2n) is 7.16. The highest BCUT2D eigenvalue weighted by molar-refractivity contribution is 5.76. The summed E-state index contributed by atoms with van der Waals surface area (Å²) in [5.74, 6) is 1.01. The Hall–Kier alpha value is -2.67. The molecule has 1 aliphatic heterocycles. The summed E-state index contributed by atoms with van der Waals surface area (Å²) in [6.45, 7) is 6.58. The summed E-state index contributed by atoms with van der Waals surface area (Å²) in [4.78, 5) is 22.2. The average Bonchev–Trinajstić information content (AvgIpc) is 3.18. The van der Waals surface area contributed by atoms with Crippen LogP contribution in [0, 0.1) is 11.3 Å². The number of anilines is 1. The van der Waals surface area contributed by atoms with Crippen LogP contribution in [0.25, 0.3) is 16.7 Å². The number of hydrogen-bond donors (Lipinski definition) is 2. The summed E-state index contributed by atoms with van der Waals surface area (Å²) in [6, 6.07) is 9.70. The van der Waals surface area contributed by atoms with E-state index in [1.54, 1.807) is 10.9 Å². The quantitative estimate of drug-likeness (QED) is 0.755. The average molecular weight is 338 g/mol. The van der Waals surface area contributed by atoms with Gasteiger partial charge in [-0.15, -0.1) is 0 Å². The molecule has 1 saturated heterocycles. The summed E-state index contributed by atoms with van der Waals surface area (Å²) in [5, 5.41) is 4.84. The van der Waals surface area contributed by atoms with Crippen LogP contribution < -0.4 is 16.2 Å². The van der Waals surface area contributed by atoms with Crippen molar-refractivity contribution in [2.45, 2.75) is 13.8 Å². The van der Waals surface area contributed by atoms with Gasteiger partial charge in [0.1, 0.15) is 5.39 Å². The van der Waals surface area contributed by atoms with Crippen LogP contribution >= 0.6 is 0 Å². The van der Waals surface area contributed by atoms with Crippen LogP contribution in [0.5, 0.6) is 0 Å². The Morgan fingerprint density at radius 3 is 2.80 bits per heavy atom. The van der Waals surface area contributed by atoms with Gasteiger partial charge in [-0.1, -0.05) is 32.0 Å². The molecule has 0 saturated carbocycles. The molecule has 0 amide bonds. The fourth-order valence-electron chi connectivity index (χ4n) is 3.45. The number of H-pyrrole nitrogens is 1. The molecule has 7 heteroatoms. The van der Waals surface area contributed by atoms with Crippen LogP contribution in [0.1, 0.15) is 13.8 Å².